The van der Waals surface area contributed by atoms with Crippen molar-refractivity contribution in [1.82, 2.24) is 20.1 Å². The Labute approximate surface area is 189 Å². The third-order valence-corrected chi connectivity index (χ3v) is 7.49. The summed E-state index contributed by atoms with van der Waals surface area (Å²) < 4.78 is 6.35. The lowest BCUT2D eigenvalue weighted by molar-refractivity contribution is 0.0378. The number of nitrogens with one attached hydrogen (secondary N) is 2. The summed E-state index contributed by atoms with van der Waals surface area (Å²) in [6, 6.07) is 8.33. The van der Waals surface area contributed by atoms with E-state index in [1.54, 1.807) is 34.4 Å². The van der Waals surface area contributed by atoms with E-state index in [2.05, 4.69) is 67.3 Å². The molecule has 0 radical (unpaired) electrons. The van der Waals surface area contributed by atoms with Gasteiger partial charge in [-0.15, -0.1) is 21.5 Å². The fourth-order valence-corrected chi connectivity index (χ4v) is 5.49. The standard InChI is InChI=1S/C20H26N6OS3/c1-15-3-5-16(6-4-15)22-19-23-17(13-28-19)14-29-20-25-24-18(30-20)21-7-2-8-26-9-11-27-12-10-26/h3-6,13H,2,7-12,14H2,1H3,(H,21,24)(H,22,23). The van der Waals surface area contributed by atoms with E-state index in [-0.39, 0.29) is 0 Å². The highest BCUT2D eigenvalue weighted by Gasteiger charge is 2.10. The summed E-state index contributed by atoms with van der Waals surface area (Å²) in [6.07, 6.45) is 1.09. The van der Waals surface area contributed by atoms with Crippen LogP contribution in [0.25, 0.3) is 0 Å². The third kappa shape index (κ3) is 6.64. The highest BCUT2D eigenvalue weighted by molar-refractivity contribution is 8.00. The molecule has 2 N–H and O–H groups in total. The van der Waals surface area contributed by atoms with Crippen LogP contribution in [0.3, 0.4) is 0 Å². The van der Waals surface area contributed by atoms with E-state index >= 15 is 0 Å². The summed E-state index contributed by atoms with van der Waals surface area (Å²) in [6.45, 7) is 7.88. The van der Waals surface area contributed by atoms with E-state index in [4.69, 9.17) is 4.74 Å². The molecule has 30 heavy (non-hydrogen) atoms. The van der Waals surface area contributed by atoms with Gasteiger partial charge in [0.1, 0.15) is 0 Å². The summed E-state index contributed by atoms with van der Waals surface area (Å²) >= 11 is 4.90. The van der Waals surface area contributed by atoms with Crippen molar-refractivity contribution < 1.29 is 4.74 Å². The van der Waals surface area contributed by atoms with Crippen LogP contribution in [0.5, 0.6) is 0 Å². The Bertz CT molecular complexity index is 907. The molecule has 1 aliphatic heterocycles. The molecule has 1 saturated heterocycles. The molecule has 0 aliphatic carbocycles. The first-order valence-corrected chi connectivity index (χ1v) is 12.7. The molecule has 160 valence electrons. The lowest BCUT2D eigenvalue weighted by Gasteiger charge is -2.26. The van der Waals surface area contributed by atoms with E-state index in [0.717, 1.165) is 77.6 Å². The minimum atomic E-state index is 0.789. The van der Waals surface area contributed by atoms with Crippen molar-refractivity contribution >= 4 is 50.4 Å². The van der Waals surface area contributed by atoms with Crippen molar-refractivity contribution in [2.75, 3.05) is 50.0 Å². The normalized spacial score (nSPS) is 14.7. The van der Waals surface area contributed by atoms with Crippen molar-refractivity contribution in [2.45, 2.75) is 23.4 Å². The third-order valence-electron chi connectivity index (χ3n) is 4.64. The molecule has 0 unspecified atom stereocenters. The maximum Gasteiger partial charge on any atom is 0.206 e. The van der Waals surface area contributed by atoms with Gasteiger partial charge in [-0.1, -0.05) is 40.8 Å². The predicted molar refractivity (Wildman–Crippen MR) is 126 cm³/mol. The van der Waals surface area contributed by atoms with Crippen LogP contribution in [0.15, 0.2) is 34.0 Å². The zero-order chi connectivity index (χ0) is 20.6. The molecule has 1 aromatic carbocycles. The van der Waals surface area contributed by atoms with Crippen molar-refractivity contribution in [1.29, 1.82) is 0 Å². The van der Waals surface area contributed by atoms with E-state index in [1.165, 1.54) is 5.56 Å². The SMILES string of the molecule is Cc1ccc(Nc2nc(CSc3nnc(NCCCN4CCOCC4)s3)cs2)cc1. The van der Waals surface area contributed by atoms with Gasteiger partial charge in [0.15, 0.2) is 9.47 Å². The van der Waals surface area contributed by atoms with Crippen LogP contribution in [-0.4, -0.2) is 59.5 Å². The van der Waals surface area contributed by atoms with Gasteiger partial charge >= 0.3 is 0 Å². The number of hydrogen-bond donors (Lipinski definition) is 2. The van der Waals surface area contributed by atoms with Crippen LogP contribution in [0.1, 0.15) is 17.7 Å². The van der Waals surface area contributed by atoms with Gasteiger partial charge in [-0.05, 0) is 32.0 Å². The maximum atomic E-state index is 5.38. The molecule has 0 atom stereocenters. The number of thioether (sulfide) groups is 1. The molecule has 0 amide bonds. The summed E-state index contributed by atoms with van der Waals surface area (Å²) in [5.41, 5.74) is 3.36. The molecule has 4 rings (SSSR count). The molecule has 3 aromatic rings. The second kappa shape index (κ2) is 11.1. The first-order chi connectivity index (χ1) is 14.7. The number of anilines is 3. The van der Waals surface area contributed by atoms with Crippen LogP contribution in [0.4, 0.5) is 16.0 Å². The van der Waals surface area contributed by atoms with Crippen LogP contribution < -0.4 is 10.6 Å². The second-order valence-electron chi connectivity index (χ2n) is 7.03. The lowest BCUT2D eigenvalue weighted by Crippen LogP contribution is -2.37. The second-order valence-corrected chi connectivity index (χ2v) is 10.1. The highest BCUT2D eigenvalue weighted by atomic mass is 32.2. The van der Waals surface area contributed by atoms with Gasteiger partial charge < -0.3 is 15.4 Å². The average molecular weight is 463 g/mol. The summed E-state index contributed by atoms with van der Waals surface area (Å²) in [7, 11) is 0. The van der Waals surface area contributed by atoms with Crippen molar-refractivity contribution in [3.8, 4) is 0 Å². The molecule has 10 heteroatoms. The van der Waals surface area contributed by atoms with Crippen molar-refractivity contribution in [3.05, 3.63) is 40.9 Å². The Hall–Kier alpha value is -1.72. The number of thiazole rings is 1. The molecule has 2 aromatic heterocycles. The lowest BCUT2D eigenvalue weighted by atomic mass is 10.2. The number of nitrogens with zero attached hydrogens (tertiary/aromatic N) is 4. The minimum Gasteiger partial charge on any atom is -0.379 e. The fourth-order valence-electron chi connectivity index (χ4n) is 2.99. The number of morpholine rings is 1. The maximum absolute atomic E-state index is 5.38. The van der Waals surface area contributed by atoms with E-state index in [0.29, 0.717) is 0 Å². The van der Waals surface area contributed by atoms with Gasteiger partial charge in [-0.3, -0.25) is 4.90 Å². The number of rotatable bonds is 10. The minimum absolute atomic E-state index is 0.789. The van der Waals surface area contributed by atoms with Crippen LogP contribution in [0.2, 0.25) is 0 Å². The average Bonchev–Trinajstić information content (AvgIpc) is 3.41. The Kier molecular flexibility index (Phi) is 7.93. The first kappa shape index (κ1) is 21.5. The van der Waals surface area contributed by atoms with Gasteiger partial charge in [0.05, 0.1) is 18.9 Å². The quantitative estimate of drug-likeness (QED) is 0.338. The Morgan fingerprint density at radius 3 is 2.80 bits per heavy atom. The Morgan fingerprint density at radius 1 is 1.13 bits per heavy atom. The zero-order valence-electron chi connectivity index (χ0n) is 17.0. The van der Waals surface area contributed by atoms with Gasteiger partial charge in [-0.2, -0.15) is 0 Å². The number of aromatic nitrogens is 3. The van der Waals surface area contributed by atoms with Crippen LogP contribution in [-0.2, 0) is 10.5 Å². The summed E-state index contributed by atoms with van der Waals surface area (Å²) in [5.74, 6) is 0.789. The first-order valence-electron chi connectivity index (χ1n) is 10.0. The number of ether oxygens (including phenoxy) is 1. The van der Waals surface area contributed by atoms with Crippen molar-refractivity contribution in [3.63, 3.8) is 0 Å². The van der Waals surface area contributed by atoms with Gasteiger partial charge in [0.25, 0.3) is 0 Å². The molecule has 0 spiro atoms. The molecule has 1 aliphatic rings. The monoisotopic (exact) mass is 462 g/mol. The van der Waals surface area contributed by atoms with Crippen LogP contribution in [0, 0.1) is 6.92 Å². The fraction of sp³-hybridized carbons (Fsp3) is 0.450. The molecular weight excluding hydrogens is 436 g/mol. The van der Waals surface area contributed by atoms with E-state index < -0.39 is 0 Å². The topological polar surface area (TPSA) is 75.2 Å². The molecule has 1 fully saturated rings. The van der Waals surface area contributed by atoms with Crippen molar-refractivity contribution in [2.24, 2.45) is 0 Å². The molecular formula is C20H26N6OS3. The largest absolute Gasteiger partial charge is 0.379 e. The Balaban J connectivity index is 1.17. The van der Waals surface area contributed by atoms with Gasteiger partial charge in [-0.25, -0.2) is 4.98 Å². The van der Waals surface area contributed by atoms with Gasteiger partial charge in [0.2, 0.25) is 5.13 Å². The van der Waals surface area contributed by atoms with Crippen LogP contribution >= 0.6 is 34.4 Å². The highest BCUT2D eigenvalue weighted by Crippen LogP contribution is 2.30. The summed E-state index contributed by atoms with van der Waals surface area (Å²) in [4.78, 5) is 7.12. The number of benzene rings is 1. The number of hydrogen-bond acceptors (Lipinski definition) is 10. The molecule has 0 saturated carbocycles. The number of aryl methyl sites for hydroxylation is 1. The predicted octanol–water partition coefficient (Wildman–Crippen LogP) is 4.47. The molecule has 0 bridgehead atoms. The summed E-state index contributed by atoms with van der Waals surface area (Å²) in [5, 5.41) is 19.2. The Morgan fingerprint density at radius 2 is 1.97 bits per heavy atom. The molecule has 7 nitrogen and oxygen atoms in total. The molecule has 3 heterocycles. The van der Waals surface area contributed by atoms with E-state index in [1.807, 2.05) is 0 Å². The van der Waals surface area contributed by atoms with E-state index in [9.17, 15) is 0 Å². The van der Waals surface area contributed by atoms with Gasteiger partial charge in [0, 0.05) is 36.5 Å². The smallest absolute Gasteiger partial charge is 0.206 e. The zero-order valence-corrected chi connectivity index (χ0v) is 19.4.